The van der Waals surface area contributed by atoms with Crippen LogP contribution in [0.4, 0.5) is 0 Å². The number of guanidine groups is 1. The van der Waals surface area contributed by atoms with Gasteiger partial charge < -0.3 is 15.5 Å². The number of carbonyl (C=O) groups is 1. The van der Waals surface area contributed by atoms with Gasteiger partial charge in [0.05, 0.1) is 0 Å². The number of nitrogens with one attached hydrogen (secondary N) is 2. The van der Waals surface area contributed by atoms with E-state index in [-0.39, 0.29) is 0 Å². The molecule has 5 heteroatoms. The van der Waals surface area contributed by atoms with Gasteiger partial charge in [-0.25, -0.2) is 0 Å². The highest BCUT2D eigenvalue weighted by Crippen LogP contribution is 2.30. The first-order chi connectivity index (χ1) is 12.7. The molecule has 5 nitrogen and oxygen atoms in total. The van der Waals surface area contributed by atoms with Crippen molar-refractivity contribution in [1.82, 2.24) is 15.5 Å². The van der Waals surface area contributed by atoms with Crippen LogP contribution in [-0.2, 0) is 4.79 Å². The number of amides is 1. The summed E-state index contributed by atoms with van der Waals surface area (Å²) in [5.74, 6) is 3.32. The highest BCUT2D eigenvalue weighted by Gasteiger charge is 2.32. The molecule has 1 amide bonds. The first-order valence-electron chi connectivity index (χ1n) is 11.0. The monoisotopic (exact) mass is 362 g/mol. The van der Waals surface area contributed by atoms with Crippen molar-refractivity contribution >= 4 is 11.9 Å². The molecule has 2 N–H and O–H groups in total. The molecule has 26 heavy (non-hydrogen) atoms. The maximum Gasteiger partial charge on any atom is 0.225 e. The summed E-state index contributed by atoms with van der Waals surface area (Å²) in [7, 11) is 1.85. The lowest BCUT2D eigenvalue weighted by molar-refractivity contribution is -0.134. The molecule has 3 fully saturated rings. The molecular weight excluding hydrogens is 324 g/mol. The van der Waals surface area contributed by atoms with Crippen molar-refractivity contribution in [2.75, 3.05) is 26.7 Å². The van der Waals surface area contributed by atoms with Gasteiger partial charge in [-0.15, -0.1) is 0 Å². The van der Waals surface area contributed by atoms with Crippen molar-refractivity contribution in [2.24, 2.45) is 22.7 Å². The molecule has 3 rings (SSSR count). The van der Waals surface area contributed by atoms with Crippen LogP contribution < -0.4 is 10.6 Å². The Kier molecular flexibility index (Phi) is 7.21. The van der Waals surface area contributed by atoms with Gasteiger partial charge in [0, 0.05) is 38.6 Å². The van der Waals surface area contributed by atoms with Gasteiger partial charge in [0.1, 0.15) is 0 Å². The minimum absolute atomic E-state index is 0.296. The maximum atomic E-state index is 12.6. The van der Waals surface area contributed by atoms with Crippen molar-refractivity contribution in [3.63, 3.8) is 0 Å². The molecule has 1 unspecified atom stereocenters. The highest BCUT2D eigenvalue weighted by molar-refractivity contribution is 5.81. The van der Waals surface area contributed by atoms with E-state index in [9.17, 15) is 4.79 Å². The minimum atomic E-state index is 0.296. The molecule has 1 heterocycles. The van der Waals surface area contributed by atoms with Crippen molar-refractivity contribution in [1.29, 1.82) is 0 Å². The number of nitrogens with zero attached hydrogens (tertiary/aromatic N) is 2. The molecule has 0 spiro atoms. The van der Waals surface area contributed by atoms with E-state index in [1.54, 1.807) is 0 Å². The Morgan fingerprint density at radius 3 is 2.38 bits per heavy atom. The average molecular weight is 363 g/mol. The smallest absolute Gasteiger partial charge is 0.225 e. The molecule has 0 aromatic heterocycles. The molecule has 3 aliphatic rings. The van der Waals surface area contributed by atoms with Gasteiger partial charge in [-0.05, 0) is 43.9 Å². The zero-order chi connectivity index (χ0) is 18.4. The van der Waals surface area contributed by atoms with Crippen LogP contribution in [0.25, 0.3) is 0 Å². The van der Waals surface area contributed by atoms with E-state index in [0.717, 1.165) is 56.7 Å². The van der Waals surface area contributed by atoms with E-state index < -0.39 is 0 Å². The van der Waals surface area contributed by atoms with Crippen molar-refractivity contribution in [3.8, 4) is 0 Å². The molecule has 148 valence electrons. The van der Waals surface area contributed by atoms with Crippen LogP contribution in [0.15, 0.2) is 4.99 Å². The Morgan fingerprint density at radius 2 is 1.73 bits per heavy atom. The van der Waals surface area contributed by atoms with Gasteiger partial charge in [-0.2, -0.15) is 0 Å². The minimum Gasteiger partial charge on any atom is -0.356 e. The summed E-state index contributed by atoms with van der Waals surface area (Å²) in [6.45, 7) is 5.06. The molecule has 2 saturated carbocycles. The average Bonchev–Trinajstić information content (AvgIpc) is 3.37. The maximum absolute atomic E-state index is 12.6. The lowest BCUT2D eigenvalue weighted by atomic mass is 9.81. The van der Waals surface area contributed by atoms with Crippen LogP contribution in [0.3, 0.4) is 0 Å². The van der Waals surface area contributed by atoms with E-state index in [1.807, 2.05) is 7.05 Å². The second-order valence-corrected chi connectivity index (χ2v) is 8.64. The molecular formula is C21H38N4O. The second kappa shape index (κ2) is 9.61. The van der Waals surface area contributed by atoms with Gasteiger partial charge in [0.25, 0.3) is 0 Å². The van der Waals surface area contributed by atoms with E-state index in [0.29, 0.717) is 17.9 Å². The third kappa shape index (κ3) is 5.14. The summed E-state index contributed by atoms with van der Waals surface area (Å²) in [6.07, 6.45) is 12.5. The number of aliphatic imine (C=N–C) groups is 1. The van der Waals surface area contributed by atoms with Gasteiger partial charge >= 0.3 is 0 Å². The van der Waals surface area contributed by atoms with E-state index in [4.69, 9.17) is 0 Å². The predicted molar refractivity (Wildman–Crippen MR) is 107 cm³/mol. The fourth-order valence-electron chi connectivity index (χ4n) is 4.98. The Hall–Kier alpha value is -1.26. The summed E-state index contributed by atoms with van der Waals surface area (Å²) in [4.78, 5) is 19.1. The number of rotatable bonds is 5. The zero-order valence-electron chi connectivity index (χ0n) is 16.8. The first kappa shape index (κ1) is 19.5. The van der Waals surface area contributed by atoms with Gasteiger partial charge in [-0.1, -0.05) is 39.0 Å². The normalized spacial score (nSPS) is 30.6. The van der Waals surface area contributed by atoms with Gasteiger partial charge in [0.15, 0.2) is 5.96 Å². The molecule has 1 saturated heterocycles. The summed E-state index contributed by atoms with van der Waals surface area (Å²) in [6, 6.07) is 0.336. The van der Waals surface area contributed by atoms with Crippen LogP contribution >= 0.6 is 0 Å². The summed E-state index contributed by atoms with van der Waals surface area (Å²) >= 11 is 0. The molecule has 1 aliphatic heterocycles. The Morgan fingerprint density at radius 1 is 1.04 bits per heavy atom. The summed E-state index contributed by atoms with van der Waals surface area (Å²) in [5, 5.41) is 7.08. The number of hydrogen-bond donors (Lipinski definition) is 2. The van der Waals surface area contributed by atoms with E-state index in [2.05, 4.69) is 27.4 Å². The third-order valence-electron chi connectivity index (χ3n) is 6.87. The molecule has 2 aliphatic carbocycles. The molecule has 1 atom stereocenters. The standard InChI is InChI=1S/C21H38N4O/c1-3-16-8-10-17(11-9-16)14-23-21(22-2)24-19-12-13-25(15-19)20(26)18-6-4-5-7-18/h16-19H,3-15H2,1-2H3,(H2,22,23,24). The third-order valence-corrected chi connectivity index (χ3v) is 6.87. The quantitative estimate of drug-likeness (QED) is 0.583. The predicted octanol–water partition coefficient (Wildman–Crippen LogP) is 3.16. The molecule has 0 radical (unpaired) electrons. The van der Waals surface area contributed by atoms with Gasteiger partial charge in [0.2, 0.25) is 5.91 Å². The van der Waals surface area contributed by atoms with E-state index >= 15 is 0 Å². The van der Waals surface area contributed by atoms with Crippen LogP contribution in [0.1, 0.15) is 71.1 Å². The number of likely N-dealkylation sites (tertiary alicyclic amines) is 1. The van der Waals surface area contributed by atoms with Crippen molar-refractivity contribution < 1.29 is 4.79 Å². The topological polar surface area (TPSA) is 56.7 Å². The Labute approximate surface area is 159 Å². The lowest BCUT2D eigenvalue weighted by Gasteiger charge is -2.28. The Bertz CT molecular complexity index is 478. The lowest BCUT2D eigenvalue weighted by Crippen LogP contribution is -2.46. The number of hydrogen-bond acceptors (Lipinski definition) is 2. The molecule has 0 aromatic carbocycles. The fraction of sp³-hybridized carbons (Fsp3) is 0.905. The van der Waals surface area contributed by atoms with Crippen LogP contribution in [0.2, 0.25) is 0 Å². The Balaban J connectivity index is 1.38. The summed E-state index contributed by atoms with van der Waals surface area (Å²) < 4.78 is 0. The van der Waals surface area contributed by atoms with Gasteiger partial charge in [-0.3, -0.25) is 9.79 Å². The van der Waals surface area contributed by atoms with Crippen LogP contribution in [-0.4, -0.2) is 49.5 Å². The first-order valence-corrected chi connectivity index (χ1v) is 11.0. The van der Waals surface area contributed by atoms with Crippen molar-refractivity contribution in [3.05, 3.63) is 0 Å². The fourth-order valence-corrected chi connectivity index (χ4v) is 4.98. The second-order valence-electron chi connectivity index (χ2n) is 8.64. The largest absolute Gasteiger partial charge is 0.356 e. The van der Waals surface area contributed by atoms with E-state index in [1.165, 1.54) is 44.9 Å². The van der Waals surface area contributed by atoms with Crippen molar-refractivity contribution in [2.45, 2.75) is 77.2 Å². The highest BCUT2D eigenvalue weighted by atomic mass is 16.2. The SMILES string of the molecule is CCC1CCC(CNC(=NC)NC2CCN(C(=O)C3CCCC3)C2)CC1. The molecule has 0 bridgehead atoms. The van der Waals surface area contributed by atoms with Crippen LogP contribution in [0.5, 0.6) is 0 Å². The summed E-state index contributed by atoms with van der Waals surface area (Å²) in [5.41, 5.74) is 0. The number of carbonyl (C=O) groups excluding carboxylic acids is 1. The molecule has 0 aromatic rings. The van der Waals surface area contributed by atoms with Crippen LogP contribution in [0, 0.1) is 17.8 Å². The zero-order valence-corrected chi connectivity index (χ0v) is 16.8.